The molecule has 3 heterocycles. The minimum Gasteiger partial charge on any atom is -0.293 e. The highest BCUT2D eigenvalue weighted by Crippen LogP contribution is 2.25. The average molecular weight is 414 g/mol. The number of nitrogens with one attached hydrogen (secondary N) is 1. The summed E-state index contributed by atoms with van der Waals surface area (Å²) in [5.74, 6) is 1.06. The highest BCUT2D eigenvalue weighted by Gasteiger charge is 2.18. The summed E-state index contributed by atoms with van der Waals surface area (Å²) in [5.41, 5.74) is 5.67. The Bertz CT molecular complexity index is 1290. The van der Waals surface area contributed by atoms with Crippen molar-refractivity contribution >= 4 is 5.78 Å². The van der Waals surface area contributed by atoms with Crippen molar-refractivity contribution in [2.24, 2.45) is 0 Å². The number of nitrogens with zero attached hydrogens (tertiary/aromatic N) is 4. The van der Waals surface area contributed by atoms with Crippen LogP contribution in [0.3, 0.4) is 0 Å². The normalized spacial score (nSPS) is 14.7. The third-order valence-electron chi connectivity index (χ3n) is 6.00. The van der Waals surface area contributed by atoms with E-state index in [2.05, 4.69) is 77.1 Å². The van der Waals surface area contributed by atoms with Crippen molar-refractivity contribution in [1.82, 2.24) is 24.5 Å². The van der Waals surface area contributed by atoms with E-state index in [1.807, 2.05) is 12.1 Å². The van der Waals surface area contributed by atoms with Crippen molar-refractivity contribution in [2.45, 2.75) is 45.7 Å². The van der Waals surface area contributed by atoms with Crippen LogP contribution in [-0.2, 0) is 24.9 Å². The molecule has 0 aliphatic carbocycles. The van der Waals surface area contributed by atoms with Crippen LogP contribution in [0.25, 0.3) is 17.2 Å². The lowest BCUT2D eigenvalue weighted by Crippen LogP contribution is -2.31. The highest BCUT2D eigenvalue weighted by atomic mass is 16.1. The van der Waals surface area contributed by atoms with Gasteiger partial charge in [0.1, 0.15) is 0 Å². The molecule has 1 aliphatic rings. The number of H-pyrrole nitrogens is 1. The van der Waals surface area contributed by atoms with Crippen LogP contribution in [0.1, 0.15) is 43.2 Å². The van der Waals surface area contributed by atoms with Crippen LogP contribution in [0.5, 0.6) is 0 Å². The first-order valence-electron chi connectivity index (χ1n) is 10.8. The number of fused-ring (bicyclic) bond motifs is 2. The lowest BCUT2D eigenvalue weighted by molar-refractivity contribution is 0.242. The largest absolute Gasteiger partial charge is 0.293 e. The Morgan fingerprint density at radius 1 is 1.00 bits per heavy atom. The zero-order valence-corrected chi connectivity index (χ0v) is 18.2. The van der Waals surface area contributed by atoms with Gasteiger partial charge in [0.2, 0.25) is 0 Å². The maximum absolute atomic E-state index is 12.7. The molecule has 158 valence electrons. The molecule has 0 atom stereocenters. The van der Waals surface area contributed by atoms with Crippen LogP contribution in [0.2, 0.25) is 0 Å². The van der Waals surface area contributed by atoms with Gasteiger partial charge in [-0.2, -0.15) is 9.50 Å². The standard InChI is InChI=1S/C25H27N5O/c1-25(2,3)20-10-8-18(9-11-20)23-27-24-26-21(14-22(31)30(24)28-23)16-29-13-12-17-6-4-5-7-19(17)15-29/h4-11,14H,12-13,15-16H2,1-3H3,(H,26,27,28). The summed E-state index contributed by atoms with van der Waals surface area (Å²) in [5, 5.41) is 3.10. The topological polar surface area (TPSA) is 66.3 Å². The second kappa shape index (κ2) is 7.46. The van der Waals surface area contributed by atoms with Gasteiger partial charge >= 0.3 is 0 Å². The average Bonchev–Trinajstić information content (AvgIpc) is 3.18. The van der Waals surface area contributed by atoms with E-state index in [1.54, 1.807) is 6.07 Å². The Kier molecular flexibility index (Phi) is 4.74. The minimum absolute atomic E-state index is 0.0920. The molecule has 31 heavy (non-hydrogen) atoms. The second-order valence-corrected chi connectivity index (χ2v) is 9.35. The summed E-state index contributed by atoms with van der Waals surface area (Å²) in [6, 6.07) is 18.5. The SMILES string of the molecule is CC(C)(C)c1ccc(-c2nc3nc(CN4CCc5ccccc5C4)cc(=O)n3[nH]2)cc1. The molecule has 0 spiro atoms. The van der Waals surface area contributed by atoms with Crippen LogP contribution in [0.15, 0.2) is 59.4 Å². The van der Waals surface area contributed by atoms with E-state index in [0.717, 1.165) is 30.8 Å². The summed E-state index contributed by atoms with van der Waals surface area (Å²) < 4.78 is 1.42. The van der Waals surface area contributed by atoms with E-state index in [4.69, 9.17) is 0 Å². The zero-order chi connectivity index (χ0) is 21.6. The molecule has 0 unspecified atom stereocenters. The first kappa shape index (κ1) is 19.7. The van der Waals surface area contributed by atoms with E-state index in [-0.39, 0.29) is 11.0 Å². The fraction of sp³-hybridized carbons (Fsp3) is 0.320. The van der Waals surface area contributed by atoms with Crippen LogP contribution in [0, 0.1) is 0 Å². The van der Waals surface area contributed by atoms with Crippen molar-refractivity contribution in [3.05, 3.63) is 87.3 Å². The molecule has 2 aromatic carbocycles. The number of benzene rings is 2. The molecule has 4 aromatic rings. The van der Waals surface area contributed by atoms with Gasteiger partial charge in [0, 0.05) is 31.3 Å². The van der Waals surface area contributed by atoms with E-state index in [0.29, 0.717) is 18.1 Å². The Morgan fingerprint density at radius 2 is 1.74 bits per heavy atom. The number of aromatic nitrogens is 4. The van der Waals surface area contributed by atoms with Gasteiger partial charge in [-0.3, -0.25) is 14.8 Å². The number of rotatable bonds is 3. The monoisotopic (exact) mass is 413 g/mol. The predicted octanol–water partition coefficient (Wildman–Crippen LogP) is 3.94. The van der Waals surface area contributed by atoms with E-state index < -0.39 is 0 Å². The molecule has 0 amide bonds. The summed E-state index contributed by atoms with van der Waals surface area (Å²) in [6.07, 6.45) is 1.02. The molecule has 1 aliphatic heterocycles. The first-order chi connectivity index (χ1) is 14.9. The Hall–Kier alpha value is -3.25. The van der Waals surface area contributed by atoms with Gasteiger partial charge in [-0.05, 0) is 28.5 Å². The summed E-state index contributed by atoms with van der Waals surface area (Å²) >= 11 is 0. The zero-order valence-electron chi connectivity index (χ0n) is 18.2. The summed E-state index contributed by atoms with van der Waals surface area (Å²) in [6.45, 7) is 9.05. The van der Waals surface area contributed by atoms with Gasteiger partial charge < -0.3 is 0 Å². The molecule has 1 N–H and O–H groups in total. The van der Waals surface area contributed by atoms with E-state index in [9.17, 15) is 4.79 Å². The van der Waals surface area contributed by atoms with E-state index >= 15 is 0 Å². The van der Waals surface area contributed by atoms with Crippen molar-refractivity contribution in [1.29, 1.82) is 0 Å². The van der Waals surface area contributed by atoms with Gasteiger partial charge in [-0.1, -0.05) is 69.3 Å². The predicted molar refractivity (Wildman–Crippen MR) is 122 cm³/mol. The number of hydrogen-bond acceptors (Lipinski definition) is 4. The molecule has 2 aromatic heterocycles. The Morgan fingerprint density at radius 3 is 2.48 bits per heavy atom. The van der Waals surface area contributed by atoms with Gasteiger partial charge in [-0.15, -0.1) is 0 Å². The lowest BCUT2D eigenvalue weighted by atomic mass is 9.87. The van der Waals surface area contributed by atoms with Crippen LogP contribution in [0.4, 0.5) is 0 Å². The lowest BCUT2D eigenvalue weighted by Gasteiger charge is -2.28. The Balaban J connectivity index is 1.41. The van der Waals surface area contributed by atoms with E-state index in [1.165, 1.54) is 21.2 Å². The molecule has 0 radical (unpaired) electrons. The van der Waals surface area contributed by atoms with Crippen molar-refractivity contribution in [2.75, 3.05) is 6.54 Å². The highest BCUT2D eigenvalue weighted by molar-refractivity contribution is 5.57. The van der Waals surface area contributed by atoms with Crippen LogP contribution in [-0.4, -0.2) is 31.0 Å². The van der Waals surface area contributed by atoms with Crippen molar-refractivity contribution < 1.29 is 0 Å². The summed E-state index contributed by atoms with van der Waals surface area (Å²) in [4.78, 5) is 24.3. The number of aromatic amines is 1. The smallest absolute Gasteiger partial charge is 0.274 e. The summed E-state index contributed by atoms with van der Waals surface area (Å²) in [7, 11) is 0. The fourth-order valence-corrected chi connectivity index (χ4v) is 4.18. The molecule has 5 rings (SSSR count). The minimum atomic E-state index is -0.137. The molecule has 0 bridgehead atoms. The second-order valence-electron chi connectivity index (χ2n) is 9.35. The molecule has 0 fully saturated rings. The molecule has 0 saturated heterocycles. The maximum Gasteiger partial charge on any atom is 0.274 e. The van der Waals surface area contributed by atoms with Gasteiger partial charge in [-0.25, -0.2) is 4.98 Å². The number of hydrogen-bond donors (Lipinski definition) is 1. The fourth-order valence-electron chi connectivity index (χ4n) is 4.18. The third-order valence-corrected chi connectivity index (χ3v) is 6.00. The third kappa shape index (κ3) is 3.91. The van der Waals surface area contributed by atoms with Gasteiger partial charge in [0.25, 0.3) is 11.3 Å². The Labute approximate surface area is 181 Å². The van der Waals surface area contributed by atoms with Crippen molar-refractivity contribution in [3.63, 3.8) is 0 Å². The van der Waals surface area contributed by atoms with Crippen molar-refractivity contribution in [3.8, 4) is 11.4 Å². The molecule has 0 saturated carbocycles. The first-order valence-corrected chi connectivity index (χ1v) is 10.8. The quantitative estimate of drug-likeness (QED) is 0.552. The maximum atomic E-state index is 12.7. The van der Waals surface area contributed by atoms with Crippen LogP contribution < -0.4 is 5.56 Å². The van der Waals surface area contributed by atoms with Gasteiger partial charge in [0.15, 0.2) is 5.82 Å². The molecule has 6 heteroatoms. The van der Waals surface area contributed by atoms with Crippen LogP contribution >= 0.6 is 0 Å². The molecular weight excluding hydrogens is 386 g/mol. The molecule has 6 nitrogen and oxygen atoms in total. The van der Waals surface area contributed by atoms with Gasteiger partial charge in [0.05, 0.1) is 5.69 Å². The molecular formula is C25H27N5O.